The first kappa shape index (κ1) is 21.0. The van der Waals surface area contributed by atoms with E-state index in [9.17, 15) is 9.00 Å². The minimum atomic E-state index is -1.06. The Bertz CT molecular complexity index is 913. The van der Waals surface area contributed by atoms with Crippen LogP contribution in [0.1, 0.15) is 24.0 Å². The number of likely N-dealkylation sites (tertiary alicyclic amines) is 1. The first-order valence-corrected chi connectivity index (χ1v) is 11.9. The van der Waals surface area contributed by atoms with Crippen LogP contribution in [0.4, 0.5) is 5.69 Å². The Hall–Kier alpha value is -2.22. The fraction of sp³-hybridized carbons (Fsp3) is 0.435. The van der Waals surface area contributed by atoms with Gasteiger partial charge in [-0.15, -0.1) is 0 Å². The largest absolute Gasteiger partial charge is 0.375 e. The van der Waals surface area contributed by atoms with Gasteiger partial charge in [-0.3, -0.25) is 9.10 Å². The summed E-state index contributed by atoms with van der Waals surface area (Å²) >= 11 is 0. The molecule has 6 nitrogen and oxygen atoms in total. The van der Waals surface area contributed by atoms with E-state index in [1.807, 2.05) is 57.7 Å². The van der Waals surface area contributed by atoms with Crippen molar-refractivity contribution in [2.45, 2.75) is 30.9 Å². The number of benzene rings is 2. The summed E-state index contributed by atoms with van der Waals surface area (Å²) in [5.74, 6) is -0.0554. The number of hydrogen-bond acceptors (Lipinski definition) is 4. The lowest BCUT2D eigenvalue weighted by atomic mass is 9.74. The summed E-state index contributed by atoms with van der Waals surface area (Å²) in [7, 11) is -1.06. The van der Waals surface area contributed by atoms with Gasteiger partial charge in [-0.05, 0) is 30.0 Å². The van der Waals surface area contributed by atoms with E-state index in [-0.39, 0.29) is 17.9 Å². The molecule has 2 aliphatic heterocycles. The number of ether oxygens (including phenoxy) is 1. The number of carbonyl (C=O) groups excluding carboxylic acids is 1. The van der Waals surface area contributed by atoms with Crippen LogP contribution in [0.2, 0.25) is 0 Å². The number of fused-ring (bicyclic) bond motifs is 2. The predicted molar refractivity (Wildman–Crippen MR) is 119 cm³/mol. The van der Waals surface area contributed by atoms with Gasteiger partial charge in [0.05, 0.1) is 18.9 Å². The quantitative estimate of drug-likeness (QED) is 0.767. The van der Waals surface area contributed by atoms with Gasteiger partial charge >= 0.3 is 0 Å². The van der Waals surface area contributed by atoms with Gasteiger partial charge in [-0.25, -0.2) is 4.21 Å². The molecule has 4 rings (SSSR count). The SMILES string of the molecule is CS(=O)N1CC2(CCN(C(=O)C(N)COCc3ccccc3)CC2)c2ccccc21. The van der Waals surface area contributed by atoms with E-state index in [2.05, 4.69) is 6.07 Å². The molecule has 0 aromatic heterocycles. The van der Waals surface area contributed by atoms with Gasteiger partial charge in [-0.2, -0.15) is 0 Å². The number of piperidine rings is 1. The zero-order valence-electron chi connectivity index (χ0n) is 17.3. The van der Waals surface area contributed by atoms with Crippen LogP contribution < -0.4 is 10.0 Å². The maximum atomic E-state index is 12.8. The van der Waals surface area contributed by atoms with Crippen LogP contribution in [0.15, 0.2) is 54.6 Å². The number of hydrogen-bond donors (Lipinski definition) is 1. The van der Waals surface area contributed by atoms with Gasteiger partial charge in [-0.1, -0.05) is 48.5 Å². The highest BCUT2D eigenvalue weighted by Gasteiger charge is 2.46. The molecule has 0 bridgehead atoms. The van der Waals surface area contributed by atoms with Crippen molar-refractivity contribution in [3.8, 4) is 0 Å². The molecule has 1 fully saturated rings. The first-order valence-electron chi connectivity index (χ1n) is 10.4. The Balaban J connectivity index is 1.34. The molecule has 2 aromatic carbocycles. The highest BCUT2D eigenvalue weighted by molar-refractivity contribution is 7.85. The van der Waals surface area contributed by atoms with Crippen LogP contribution in [0.25, 0.3) is 0 Å². The van der Waals surface area contributed by atoms with Crippen molar-refractivity contribution in [2.75, 3.05) is 36.8 Å². The number of anilines is 1. The van der Waals surface area contributed by atoms with Crippen LogP contribution >= 0.6 is 0 Å². The van der Waals surface area contributed by atoms with Crippen molar-refractivity contribution < 1.29 is 13.7 Å². The molecule has 30 heavy (non-hydrogen) atoms. The van der Waals surface area contributed by atoms with E-state index in [0.717, 1.165) is 30.6 Å². The number of rotatable bonds is 6. The molecule has 1 amide bonds. The molecule has 0 radical (unpaired) electrons. The van der Waals surface area contributed by atoms with E-state index >= 15 is 0 Å². The van der Waals surface area contributed by atoms with Gasteiger partial charge in [0.1, 0.15) is 17.0 Å². The summed E-state index contributed by atoms with van der Waals surface area (Å²) in [4.78, 5) is 14.7. The third kappa shape index (κ3) is 4.15. The summed E-state index contributed by atoms with van der Waals surface area (Å²) in [5, 5.41) is 0. The number of nitrogens with zero attached hydrogens (tertiary/aromatic N) is 2. The molecule has 2 aliphatic rings. The van der Waals surface area contributed by atoms with Crippen molar-refractivity contribution in [3.63, 3.8) is 0 Å². The van der Waals surface area contributed by atoms with E-state index < -0.39 is 17.0 Å². The second-order valence-electron chi connectivity index (χ2n) is 8.19. The molecule has 7 heteroatoms. The normalized spacial score (nSPS) is 19.5. The fourth-order valence-corrected chi connectivity index (χ4v) is 5.45. The average Bonchev–Trinajstić information content (AvgIpc) is 3.09. The maximum Gasteiger partial charge on any atom is 0.241 e. The molecule has 160 valence electrons. The molecule has 0 aliphatic carbocycles. The lowest BCUT2D eigenvalue weighted by Gasteiger charge is -2.40. The van der Waals surface area contributed by atoms with Crippen molar-refractivity contribution in [1.82, 2.24) is 4.90 Å². The van der Waals surface area contributed by atoms with E-state index in [1.54, 1.807) is 6.26 Å². The Morgan fingerprint density at radius 3 is 2.50 bits per heavy atom. The van der Waals surface area contributed by atoms with Crippen LogP contribution in [0.3, 0.4) is 0 Å². The standard InChI is InChI=1S/C23H29N3O3S/c1-30(28)26-17-23(19-9-5-6-10-21(19)26)11-13-25(14-12-23)22(27)20(24)16-29-15-18-7-3-2-4-8-18/h2-10,20H,11-17,24H2,1H3. The lowest BCUT2D eigenvalue weighted by Crippen LogP contribution is -2.52. The van der Waals surface area contributed by atoms with Gasteiger partial charge in [0.2, 0.25) is 5.91 Å². The molecule has 1 saturated heterocycles. The minimum Gasteiger partial charge on any atom is -0.375 e. The maximum absolute atomic E-state index is 12.8. The van der Waals surface area contributed by atoms with Crippen molar-refractivity contribution in [1.29, 1.82) is 0 Å². The topological polar surface area (TPSA) is 75.9 Å². The number of amides is 1. The first-order chi connectivity index (χ1) is 14.5. The second kappa shape index (κ2) is 8.88. The lowest BCUT2D eigenvalue weighted by molar-refractivity contribution is -0.135. The second-order valence-corrected chi connectivity index (χ2v) is 9.48. The summed E-state index contributed by atoms with van der Waals surface area (Å²) in [5.41, 5.74) is 9.46. The molecule has 1 spiro atoms. The van der Waals surface area contributed by atoms with Gasteiger partial charge in [0.15, 0.2) is 0 Å². The third-order valence-electron chi connectivity index (χ3n) is 6.26. The Morgan fingerprint density at radius 1 is 1.13 bits per heavy atom. The third-order valence-corrected chi connectivity index (χ3v) is 7.21. The Kier molecular flexibility index (Phi) is 6.22. The average molecular weight is 428 g/mol. The molecule has 2 atom stereocenters. The van der Waals surface area contributed by atoms with Crippen LogP contribution in [-0.2, 0) is 32.5 Å². The molecule has 2 N–H and O–H groups in total. The van der Waals surface area contributed by atoms with Crippen molar-refractivity contribution >= 4 is 22.6 Å². The van der Waals surface area contributed by atoms with Crippen LogP contribution in [0, 0.1) is 0 Å². The molecule has 0 saturated carbocycles. The van der Waals surface area contributed by atoms with Crippen molar-refractivity contribution in [3.05, 3.63) is 65.7 Å². The molecular weight excluding hydrogens is 398 g/mol. The van der Waals surface area contributed by atoms with Crippen LogP contribution in [-0.4, -0.2) is 53.6 Å². The number of nitrogens with two attached hydrogens (primary N) is 1. The zero-order chi connectivity index (χ0) is 21.1. The molecule has 2 unspecified atom stereocenters. The summed E-state index contributed by atoms with van der Waals surface area (Å²) < 4.78 is 19.9. The highest BCUT2D eigenvalue weighted by Crippen LogP contribution is 2.47. The van der Waals surface area contributed by atoms with Crippen molar-refractivity contribution in [2.24, 2.45) is 5.73 Å². The summed E-state index contributed by atoms with van der Waals surface area (Å²) in [6.45, 7) is 2.71. The number of carbonyl (C=O) groups is 1. The van der Waals surface area contributed by atoms with Gasteiger partial charge in [0.25, 0.3) is 0 Å². The van der Waals surface area contributed by atoms with Crippen LogP contribution in [0.5, 0.6) is 0 Å². The molecular formula is C23H29N3O3S. The highest BCUT2D eigenvalue weighted by atomic mass is 32.2. The fourth-order valence-electron chi connectivity index (χ4n) is 4.58. The smallest absolute Gasteiger partial charge is 0.241 e. The Morgan fingerprint density at radius 2 is 1.80 bits per heavy atom. The summed E-state index contributed by atoms with van der Waals surface area (Å²) in [6.07, 6.45) is 3.42. The van der Waals surface area contributed by atoms with E-state index in [1.165, 1.54) is 5.56 Å². The number of para-hydroxylation sites is 1. The van der Waals surface area contributed by atoms with Gasteiger partial charge < -0.3 is 15.4 Å². The van der Waals surface area contributed by atoms with E-state index in [4.69, 9.17) is 10.5 Å². The minimum absolute atomic E-state index is 0.0487. The summed E-state index contributed by atoms with van der Waals surface area (Å²) in [6, 6.07) is 17.4. The zero-order valence-corrected chi connectivity index (χ0v) is 18.1. The molecule has 2 aromatic rings. The van der Waals surface area contributed by atoms with Gasteiger partial charge in [0, 0.05) is 31.3 Å². The molecule has 2 heterocycles. The van der Waals surface area contributed by atoms with E-state index in [0.29, 0.717) is 19.7 Å². The predicted octanol–water partition coefficient (Wildman–Crippen LogP) is 2.20. The monoisotopic (exact) mass is 427 g/mol. The Labute approximate surface area is 180 Å².